The van der Waals surface area contributed by atoms with Gasteiger partial charge in [-0.2, -0.15) is 0 Å². The molecule has 152 valence electrons. The molecule has 0 unspecified atom stereocenters. The molecule has 0 saturated heterocycles. The third-order valence-corrected chi connectivity index (χ3v) is 6.89. The maximum atomic E-state index is 13.0. The van der Waals surface area contributed by atoms with E-state index in [9.17, 15) is 4.79 Å². The van der Waals surface area contributed by atoms with Crippen LogP contribution >= 0.6 is 27.3 Å². The molecule has 0 atom stereocenters. The first-order chi connectivity index (χ1) is 14.6. The molecule has 0 fully saturated rings. The van der Waals surface area contributed by atoms with Crippen molar-refractivity contribution in [2.75, 3.05) is 13.3 Å². The predicted molar refractivity (Wildman–Crippen MR) is 122 cm³/mol. The molecule has 4 nitrogen and oxygen atoms in total. The Labute approximate surface area is 187 Å². The van der Waals surface area contributed by atoms with Crippen LogP contribution in [0.2, 0.25) is 0 Å². The van der Waals surface area contributed by atoms with Crippen LogP contribution in [0.5, 0.6) is 11.5 Å². The first-order valence-corrected chi connectivity index (χ1v) is 11.5. The Balaban J connectivity index is 1.38. The fraction of sp³-hybridized carbons (Fsp3) is 0.208. The van der Waals surface area contributed by atoms with E-state index in [0.717, 1.165) is 46.4 Å². The summed E-state index contributed by atoms with van der Waals surface area (Å²) in [6.45, 7) is 4.21. The van der Waals surface area contributed by atoms with Crippen LogP contribution < -0.4 is 9.47 Å². The summed E-state index contributed by atoms with van der Waals surface area (Å²) in [7, 11) is 0. The fourth-order valence-electron chi connectivity index (χ4n) is 3.87. The van der Waals surface area contributed by atoms with Gasteiger partial charge >= 0.3 is 0 Å². The number of allylic oxidation sites excluding steroid dienone is 1. The Kier molecular flexibility index (Phi) is 5.23. The van der Waals surface area contributed by atoms with Crippen molar-refractivity contribution in [3.8, 4) is 11.5 Å². The minimum atomic E-state index is -0.0745. The Bertz CT molecular complexity index is 1140. The molecule has 0 radical (unpaired) electrons. The van der Waals surface area contributed by atoms with Crippen LogP contribution in [-0.4, -0.2) is 24.0 Å². The molecule has 0 saturated carbocycles. The average molecular weight is 482 g/mol. The van der Waals surface area contributed by atoms with Gasteiger partial charge in [0.15, 0.2) is 5.76 Å². The largest absolute Gasteiger partial charge is 0.477 e. The van der Waals surface area contributed by atoms with Gasteiger partial charge in [0.1, 0.15) is 18.2 Å². The molecule has 3 heterocycles. The Hall–Kier alpha value is -2.41. The number of carbonyl (C=O) groups excluding carboxylic acids is 1. The number of fused-ring (bicyclic) bond motifs is 2. The van der Waals surface area contributed by atoms with Crippen LogP contribution in [0.4, 0.5) is 0 Å². The highest BCUT2D eigenvalue weighted by molar-refractivity contribution is 9.10. The molecule has 2 aromatic carbocycles. The smallest absolute Gasteiger partial charge is 0.231 e. The van der Waals surface area contributed by atoms with Crippen LogP contribution in [-0.2, 0) is 13.0 Å². The van der Waals surface area contributed by atoms with Gasteiger partial charge in [0, 0.05) is 33.6 Å². The van der Waals surface area contributed by atoms with E-state index < -0.39 is 0 Å². The summed E-state index contributed by atoms with van der Waals surface area (Å²) in [5.41, 5.74) is 3.49. The molecule has 2 aliphatic rings. The summed E-state index contributed by atoms with van der Waals surface area (Å²) >= 11 is 5.21. The van der Waals surface area contributed by atoms with Gasteiger partial charge in [0.2, 0.25) is 5.78 Å². The maximum Gasteiger partial charge on any atom is 0.231 e. The first-order valence-electron chi connectivity index (χ1n) is 9.82. The number of rotatable bonds is 4. The molecule has 0 amide bonds. The summed E-state index contributed by atoms with van der Waals surface area (Å²) in [6, 6.07) is 14.0. The first kappa shape index (κ1) is 19.5. The fourth-order valence-corrected chi connectivity index (χ4v) is 4.84. The number of hydrogen-bond acceptors (Lipinski definition) is 5. The van der Waals surface area contributed by atoms with Gasteiger partial charge in [0.25, 0.3) is 0 Å². The molecule has 0 bridgehead atoms. The van der Waals surface area contributed by atoms with Crippen LogP contribution in [0, 0.1) is 6.92 Å². The number of Topliss-reactive ketones (excluding diaryl/α,β-unsaturated/α-hetero) is 1. The molecular weight excluding hydrogens is 462 g/mol. The predicted octanol–water partition coefficient (Wildman–Crippen LogP) is 5.83. The lowest BCUT2D eigenvalue weighted by Crippen LogP contribution is -2.34. The van der Waals surface area contributed by atoms with Gasteiger partial charge in [-0.3, -0.25) is 9.69 Å². The third-order valence-electron chi connectivity index (χ3n) is 5.42. The average Bonchev–Trinajstić information content (AvgIpc) is 3.38. The van der Waals surface area contributed by atoms with E-state index in [1.54, 1.807) is 17.4 Å². The number of ether oxygens (including phenoxy) is 2. The van der Waals surface area contributed by atoms with Crippen LogP contribution in [0.15, 0.2) is 58.1 Å². The number of nitrogens with zero attached hydrogens (tertiary/aromatic N) is 1. The minimum Gasteiger partial charge on any atom is -0.477 e. The second kappa shape index (κ2) is 8.02. The highest BCUT2D eigenvalue weighted by atomic mass is 79.9. The van der Waals surface area contributed by atoms with Gasteiger partial charge in [-0.1, -0.05) is 34.1 Å². The Morgan fingerprint density at radius 3 is 2.80 bits per heavy atom. The van der Waals surface area contributed by atoms with Crippen molar-refractivity contribution in [3.63, 3.8) is 0 Å². The molecule has 5 rings (SSSR count). The van der Waals surface area contributed by atoms with Crippen molar-refractivity contribution in [1.29, 1.82) is 0 Å². The zero-order valence-corrected chi connectivity index (χ0v) is 18.9. The van der Waals surface area contributed by atoms with E-state index >= 15 is 0 Å². The van der Waals surface area contributed by atoms with E-state index in [1.165, 1.54) is 4.88 Å². The van der Waals surface area contributed by atoms with E-state index in [0.29, 0.717) is 23.8 Å². The number of halogens is 1. The zero-order valence-electron chi connectivity index (χ0n) is 16.5. The van der Waals surface area contributed by atoms with Crippen LogP contribution in [0.25, 0.3) is 6.08 Å². The Morgan fingerprint density at radius 2 is 2.03 bits per heavy atom. The molecule has 0 spiro atoms. The summed E-state index contributed by atoms with van der Waals surface area (Å²) < 4.78 is 13.1. The van der Waals surface area contributed by atoms with Crippen molar-refractivity contribution < 1.29 is 14.3 Å². The highest BCUT2D eigenvalue weighted by Crippen LogP contribution is 2.43. The SMILES string of the molecule is Cc1c2c(cc3c1O/C(=C\c1ccc(Br)cc1)C3=O)CN(CCc1cccs1)CO2. The lowest BCUT2D eigenvalue weighted by molar-refractivity contribution is 0.0956. The van der Waals surface area contributed by atoms with Crippen molar-refractivity contribution >= 4 is 39.1 Å². The van der Waals surface area contributed by atoms with Crippen molar-refractivity contribution in [2.24, 2.45) is 0 Å². The summed E-state index contributed by atoms with van der Waals surface area (Å²) in [6.07, 6.45) is 2.80. The number of ketones is 1. The molecule has 3 aromatic rings. The van der Waals surface area contributed by atoms with Gasteiger partial charge in [-0.25, -0.2) is 0 Å². The molecule has 30 heavy (non-hydrogen) atoms. The van der Waals surface area contributed by atoms with E-state index in [-0.39, 0.29) is 5.78 Å². The second-order valence-electron chi connectivity index (χ2n) is 7.51. The zero-order chi connectivity index (χ0) is 20.7. The minimum absolute atomic E-state index is 0.0745. The number of benzene rings is 2. The molecular formula is C24H20BrNO3S. The quantitative estimate of drug-likeness (QED) is 0.439. The lowest BCUT2D eigenvalue weighted by atomic mass is 10.00. The van der Waals surface area contributed by atoms with Crippen LogP contribution in [0.3, 0.4) is 0 Å². The second-order valence-corrected chi connectivity index (χ2v) is 9.46. The molecule has 2 aliphatic heterocycles. The van der Waals surface area contributed by atoms with Crippen molar-refractivity contribution in [2.45, 2.75) is 19.9 Å². The van der Waals surface area contributed by atoms with Crippen molar-refractivity contribution in [1.82, 2.24) is 4.90 Å². The topological polar surface area (TPSA) is 38.8 Å². The van der Waals surface area contributed by atoms with Gasteiger partial charge in [-0.15, -0.1) is 11.3 Å². The van der Waals surface area contributed by atoms with Gasteiger partial charge in [0.05, 0.1) is 5.56 Å². The standard InChI is InChI=1S/C24H20BrNO3S/c1-15-23-17(13-26(14-28-23)9-8-19-3-2-10-30-19)12-20-22(27)21(29-24(15)20)11-16-4-6-18(25)7-5-16/h2-7,10-12H,8-9,13-14H2,1H3/b21-11-. The molecule has 0 aliphatic carbocycles. The molecule has 0 N–H and O–H groups in total. The monoisotopic (exact) mass is 481 g/mol. The summed E-state index contributed by atoms with van der Waals surface area (Å²) in [5.74, 6) is 1.75. The third kappa shape index (κ3) is 3.71. The molecule has 1 aromatic heterocycles. The molecule has 6 heteroatoms. The van der Waals surface area contributed by atoms with Gasteiger partial charge in [-0.05, 0) is 54.6 Å². The number of thiophene rings is 1. The van der Waals surface area contributed by atoms with E-state index in [2.05, 4.69) is 38.3 Å². The number of hydrogen-bond donors (Lipinski definition) is 0. The van der Waals surface area contributed by atoms with Crippen LogP contribution in [0.1, 0.15) is 31.9 Å². The van der Waals surface area contributed by atoms with Gasteiger partial charge < -0.3 is 9.47 Å². The normalized spacial score (nSPS) is 16.9. The maximum absolute atomic E-state index is 13.0. The van der Waals surface area contributed by atoms with E-state index in [1.807, 2.05) is 37.3 Å². The van der Waals surface area contributed by atoms with E-state index in [4.69, 9.17) is 9.47 Å². The number of carbonyl (C=O) groups is 1. The summed E-state index contributed by atoms with van der Waals surface area (Å²) in [5, 5.41) is 2.11. The Morgan fingerprint density at radius 1 is 1.20 bits per heavy atom. The lowest BCUT2D eigenvalue weighted by Gasteiger charge is -2.30. The summed E-state index contributed by atoms with van der Waals surface area (Å²) in [4.78, 5) is 16.7. The van der Waals surface area contributed by atoms with Crippen molar-refractivity contribution in [3.05, 3.63) is 85.2 Å². The highest BCUT2D eigenvalue weighted by Gasteiger charge is 2.33.